The van der Waals surface area contributed by atoms with E-state index in [1.54, 1.807) is 0 Å². The fourth-order valence-electron chi connectivity index (χ4n) is 2.23. The zero-order chi connectivity index (χ0) is 10.8. The molecule has 0 spiro atoms. The summed E-state index contributed by atoms with van der Waals surface area (Å²) < 4.78 is 22.1. The fourth-order valence-corrected chi connectivity index (χ4v) is 2.23. The minimum Gasteiger partial charge on any atom is -0.373 e. The molecule has 4 nitrogen and oxygen atoms in total. The Morgan fingerprint density at radius 2 is 1.25 bits per heavy atom. The van der Waals surface area contributed by atoms with Crippen molar-refractivity contribution in [3.8, 4) is 0 Å². The van der Waals surface area contributed by atoms with Crippen molar-refractivity contribution >= 4 is 0 Å². The van der Waals surface area contributed by atoms with Crippen LogP contribution in [0.2, 0.25) is 0 Å². The SMILES string of the molecule is C1CC[C@@H](OC[C@@H]2CO2)[C@@H](OC[C@@H]2CO2)C1. The summed E-state index contributed by atoms with van der Waals surface area (Å²) in [5, 5.41) is 0. The van der Waals surface area contributed by atoms with E-state index >= 15 is 0 Å². The standard InChI is InChI=1S/C12H20O4/c1-2-4-12(16-8-10-6-14-10)11(3-1)15-7-9-5-13-9/h9-12H,1-8H2/t9-,10-,11-,12+/m0/s1. The van der Waals surface area contributed by atoms with Crippen molar-refractivity contribution in [3.63, 3.8) is 0 Å². The first-order chi connectivity index (χ1) is 7.92. The maximum absolute atomic E-state index is 5.88. The van der Waals surface area contributed by atoms with Crippen LogP contribution in [0.3, 0.4) is 0 Å². The summed E-state index contributed by atoms with van der Waals surface area (Å²) in [5.74, 6) is 0. The van der Waals surface area contributed by atoms with Crippen LogP contribution in [0.5, 0.6) is 0 Å². The summed E-state index contributed by atoms with van der Waals surface area (Å²) in [6.07, 6.45) is 6.04. The minimum absolute atomic E-state index is 0.275. The van der Waals surface area contributed by atoms with Gasteiger partial charge in [0, 0.05) is 0 Å². The second-order valence-electron chi connectivity index (χ2n) is 4.94. The van der Waals surface area contributed by atoms with Crippen LogP contribution in [0.25, 0.3) is 0 Å². The summed E-state index contributed by atoms with van der Waals surface area (Å²) >= 11 is 0. The minimum atomic E-state index is 0.275. The molecule has 0 bridgehead atoms. The normalized spacial score (nSPS) is 42.0. The topological polar surface area (TPSA) is 43.5 Å². The van der Waals surface area contributed by atoms with Crippen LogP contribution in [0, 0.1) is 0 Å². The molecule has 16 heavy (non-hydrogen) atoms. The molecule has 92 valence electrons. The molecule has 3 rings (SSSR count). The van der Waals surface area contributed by atoms with Crippen molar-refractivity contribution in [2.75, 3.05) is 26.4 Å². The maximum Gasteiger partial charge on any atom is 0.104 e. The Morgan fingerprint density at radius 1 is 0.812 bits per heavy atom. The lowest BCUT2D eigenvalue weighted by Gasteiger charge is -2.31. The van der Waals surface area contributed by atoms with Gasteiger partial charge in [-0.3, -0.25) is 0 Å². The molecule has 2 aliphatic heterocycles. The lowest BCUT2D eigenvalue weighted by atomic mass is 9.94. The summed E-state index contributed by atoms with van der Waals surface area (Å²) in [7, 11) is 0. The van der Waals surface area contributed by atoms with Gasteiger partial charge in [-0.05, 0) is 12.8 Å². The van der Waals surface area contributed by atoms with Gasteiger partial charge in [-0.25, -0.2) is 0 Å². The summed E-state index contributed by atoms with van der Waals surface area (Å²) in [6, 6.07) is 0. The van der Waals surface area contributed by atoms with Crippen LogP contribution in [0.1, 0.15) is 25.7 Å². The first kappa shape index (κ1) is 11.0. The van der Waals surface area contributed by atoms with E-state index in [1.807, 2.05) is 0 Å². The average molecular weight is 228 g/mol. The van der Waals surface area contributed by atoms with Gasteiger partial charge in [0.2, 0.25) is 0 Å². The quantitative estimate of drug-likeness (QED) is 0.639. The molecule has 0 unspecified atom stereocenters. The fraction of sp³-hybridized carbons (Fsp3) is 1.00. The van der Waals surface area contributed by atoms with Gasteiger partial charge in [0.05, 0.1) is 38.6 Å². The van der Waals surface area contributed by atoms with Gasteiger partial charge in [0.15, 0.2) is 0 Å². The smallest absolute Gasteiger partial charge is 0.104 e. The van der Waals surface area contributed by atoms with Crippen molar-refractivity contribution in [3.05, 3.63) is 0 Å². The van der Waals surface area contributed by atoms with Crippen molar-refractivity contribution in [1.82, 2.24) is 0 Å². The lowest BCUT2D eigenvalue weighted by Crippen LogP contribution is -2.36. The molecule has 3 fully saturated rings. The Labute approximate surface area is 96.2 Å². The molecular weight excluding hydrogens is 208 g/mol. The Kier molecular flexibility index (Phi) is 3.43. The van der Waals surface area contributed by atoms with Crippen molar-refractivity contribution in [2.45, 2.75) is 50.1 Å². The zero-order valence-corrected chi connectivity index (χ0v) is 9.60. The van der Waals surface area contributed by atoms with Crippen LogP contribution in [0.15, 0.2) is 0 Å². The van der Waals surface area contributed by atoms with Crippen LogP contribution in [0.4, 0.5) is 0 Å². The van der Waals surface area contributed by atoms with Gasteiger partial charge in [-0.15, -0.1) is 0 Å². The summed E-state index contributed by atoms with van der Waals surface area (Å²) in [5.41, 5.74) is 0. The van der Waals surface area contributed by atoms with Crippen LogP contribution < -0.4 is 0 Å². The number of hydrogen-bond acceptors (Lipinski definition) is 4. The van der Waals surface area contributed by atoms with Crippen LogP contribution >= 0.6 is 0 Å². The molecule has 0 N–H and O–H groups in total. The number of epoxide rings is 2. The molecule has 1 aliphatic carbocycles. The Bertz CT molecular complexity index is 201. The van der Waals surface area contributed by atoms with E-state index in [1.165, 1.54) is 12.8 Å². The van der Waals surface area contributed by atoms with E-state index in [0.29, 0.717) is 12.2 Å². The van der Waals surface area contributed by atoms with E-state index in [4.69, 9.17) is 18.9 Å². The highest BCUT2D eigenvalue weighted by Gasteiger charge is 2.32. The van der Waals surface area contributed by atoms with Crippen LogP contribution in [-0.2, 0) is 18.9 Å². The number of ether oxygens (including phenoxy) is 4. The molecule has 1 saturated carbocycles. The highest BCUT2D eigenvalue weighted by molar-refractivity contribution is 4.80. The third-order valence-corrected chi connectivity index (χ3v) is 3.44. The van der Waals surface area contributed by atoms with Gasteiger partial charge in [-0.1, -0.05) is 12.8 Å². The summed E-state index contributed by atoms with van der Waals surface area (Å²) in [6.45, 7) is 3.22. The molecular formula is C12H20O4. The lowest BCUT2D eigenvalue weighted by molar-refractivity contribution is -0.0968. The van der Waals surface area contributed by atoms with Crippen molar-refractivity contribution in [1.29, 1.82) is 0 Å². The first-order valence-corrected chi connectivity index (χ1v) is 6.38. The van der Waals surface area contributed by atoms with Gasteiger partial charge in [0.25, 0.3) is 0 Å². The van der Waals surface area contributed by atoms with E-state index in [0.717, 1.165) is 39.3 Å². The number of hydrogen-bond donors (Lipinski definition) is 0. The van der Waals surface area contributed by atoms with Gasteiger partial charge < -0.3 is 18.9 Å². The third kappa shape index (κ3) is 3.17. The molecule has 3 aliphatic rings. The predicted molar refractivity (Wildman–Crippen MR) is 57.4 cm³/mol. The highest BCUT2D eigenvalue weighted by Crippen LogP contribution is 2.26. The van der Waals surface area contributed by atoms with Crippen molar-refractivity contribution in [2.24, 2.45) is 0 Å². The number of rotatable bonds is 6. The monoisotopic (exact) mass is 228 g/mol. The molecule has 0 aromatic carbocycles. The third-order valence-electron chi connectivity index (χ3n) is 3.44. The predicted octanol–water partition coefficient (Wildman–Crippen LogP) is 1.13. The molecule has 4 heteroatoms. The van der Waals surface area contributed by atoms with Gasteiger partial charge in [0.1, 0.15) is 12.2 Å². The molecule has 0 aromatic rings. The van der Waals surface area contributed by atoms with Gasteiger partial charge in [-0.2, -0.15) is 0 Å². The highest BCUT2D eigenvalue weighted by atomic mass is 16.6. The van der Waals surface area contributed by atoms with Gasteiger partial charge >= 0.3 is 0 Å². The molecule has 4 atom stereocenters. The molecule has 2 heterocycles. The average Bonchev–Trinajstić information content (AvgIpc) is 3.17. The molecule has 2 saturated heterocycles. The van der Waals surface area contributed by atoms with E-state index < -0.39 is 0 Å². The Hall–Kier alpha value is -0.160. The molecule has 0 radical (unpaired) electrons. The first-order valence-electron chi connectivity index (χ1n) is 6.38. The van der Waals surface area contributed by atoms with Crippen LogP contribution in [-0.4, -0.2) is 50.8 Å². The Balaban J connectivity index is 1.42. The second kappa shape index (κ2) is 5.00. The van der Waals surface area contributed by atoms with E-state index in [9.17, 15) is 0 Å². The van der Waals surface area contributed by atoms with E-state index in [-0.39, 0.29) is 12.2 Å². The Morgan fingerprint density at radius 3 is 1.62 bits per heavy atom. The largest absolute Gasteiger partial charge is 0.373 e. The molecule has 0 amide bonds. The maximum atomic E-state index is 5.88. The molecule has 0 aromatic heterocycles. The summed E-state index contributed by atoms with van der Waals surface area (Å²) in [4.78, 5) is 0. The second-order valence-corrected chi connectivity index (χ2v) is 4.94. The zero-order valence-electron chi connectivity index (χ0n) is 9.60. The van der Waals surface area contributed by atoms with Crippen molar-refractivity contribution < 1.29 is 18.9 Å². The van der Waals surface area contributed by atoms with E-state index in [2.05, 4.69) is 0 Å².